The van der Waals surface area contributed by atoms with Crippen LogP contribution in [-0.4, -0.2) is 69.2 Å². The molecule has 2 aromatic carbocycles. The van der Waals surface area contributed by atoms with Crippen LogP contribution in [0.15, 0.2) is 58.3 Å². The van der Waals surface area contributed by atoms with Gasteiger partial charge in [0, 0.05) is 0 Å². The third-order valence-corrected chi connectivity index (χ3v) is 8.97. The van der Waals surface area contributed by atoms with Crippen molar-refractivity contribution in [3.8, 4) is 0 Å². The SMILES string of the molecule is CCCCCCCCC(COCCOCCOS(=O)(=O)c1ccc(C)cc1)OCCOS(=O)(=O)c1ccc(C)cc1. The number of aryl methyl sites for hydroxylation is 2. The zero-order valence-corrected chi connectivity index (χ0v) is 26.2. The van der Waals surface area contributed by atoms with E-state index < -0.39 is 20.2 Å². The quantitative estimate of drug-likeness (QED) is 0.117. The Morgan fingerprint density at radius 3 is 1.61 bits per heavy atom. The maximum Gasteiger partial charge on any atom is 0.297 e. The monoisotopic (exact) mass is 614 g/mol. The summed E-state index contributed by atoms with van der Waals surface area (Å²) >= 11 is 0. The van der Waals surface area contributed by atoms with Crippen molar-refractivity contribution in [1.82, 2.24) is 0 Å². The van der Waals surface area contributed by atoms with Gasteiger partial charge in [-0.15, -0.1) is 0 Å². The fraction of sp³-hybridized carbons (Fsp3) is 0.600. The van der Waals surface area contributed by atoms with Gasteiger partial charge in [-0.3, -0.25) is 8.37 Å². The minimum atomic E-state index is -3.84. The smallest absolute Gasteiger partial charge is 0.297 e. The second kappa shape index (κ2) is 19.4. The van der Waals surface area contributed by atoms with Crippen molar-refractivity contribution in [2.24, 2.45) is 0 Å². The maximum atomic E-state index is 12.4. The molecule has 0 N–H and O–H groups in total. The molecule has 2 rings (SSSR count). The van der Waals surface area contributed by atoms with Gasteiger partial charge in [-0.1, -0.05) is 80.8 Å². The molecule has 0 radical (unpaired) electrons. The van der Waals surface area contributed by atoms with Gasteiger partial charge in [0.15, 0.2) is 0 Å². The average molecular weight is 615 g/mol. The third-order valence-electron chi connectivity index (χ3n) is 6.32. The number of unbranched alkanes of at least 4 members (excludes halogenated alkanes) is 5. The molecule has 232 valence electrons. The molecule has 0 aliphatic rings. The Morgan fingerprint density at radius 1 is 0.585 bits per heavy atom. The first-order chi connectivity index (χ1) is 19.6. The van der Waals surface area contributed by atoms with Gasteiger partial charge >= 0.3 is 0 Å². The molecule has 0 saturated heterocycles. The molecular weight excluding hydrogens is 568 g/mol. The Hall–Kier alpha value is -1.86. The van der Waals surface area contributed by atoms with E-state index in [4.69, 9.17) is 22.6 Å². The predicted molar refractivity (Wildman–Crippen MR) is 158 cm³/mol. The Morgan fingerprint density at radius 2 is 1.05 bits per heavy atom. The summed E-state index contributed by atoms with van der Waals surface area (Å²) in [6.07, 6.45) is 7.51. The van der Waals surface area contributed by atoms with Gasteiger partial charge in [-0.05, 0) is 44.5 Å². The van der Waals surface area contributed by atoms with Crippen molar-refractivity contribution in [3.05, 3.63) is 59.7 Å². The van der Waals surface area contributed by atoms with Gasteiger partial charge in [-0.25, -0.2) is 0 Å². The molecule has 0 aliphatic heterocycles. The molecular formula is C30H46O9S2. The van der Waals surface area contributed by atoms with Crippen molar-refractivity contribution >= 4 is 20.2 Å². The first-order valence-electron chi connectivity index (χ1n) is 14.3. The number of ether oxygens (including phenoxy) is 3. The third kappa shape index (κ3) is 14.7. The van der Waals surface area contributed by atoms with E-state index in [1.165, 1.54) is 49.9 Å². The summed E-state index contributed by atoms with van der Waals surface area (Å²) < 4.78 is 76.4. The molecule has 9 nitrogen and oxygen atoms in total. The van der Waals surface area contributed by atoms with E-state index in [1.54, 1.807) is 24.3 Å². The lowest BCUT2D eigenvalue weighted by atomic mass is 10.1. The zero-order valence-electron chi connectivity index (χ0n) is 24.6. The van der Waals surface area contributed by atoms with E-state index in [1.807, 2.05) is 13.8 Å². The van der Waals surface area contributed by atoms with Gasteiger partial charge in [0.05, 0.1) is 62.1 Å². The summed E-state index contributed by atoms with van der Waals surface area (Å²) in [6.45, 7) is 6.92. The van der Waals surface area contributed by atoms with Crippen molar-refractivity contribution < 1.29 is 39.4 Å². The number of hydrogen-bond acceptors (Lipinski definition) is 9. The minimum Gasteiger partial charge on any atom is -0.377 e. The summed E-state index contributed by atoms with van der Waals surface area (Å²) in [5.41, 5.74) is 1.93. The van der Waals surface area contributed by atoms with Crippen LogP contribution >= 0.6 is 0 Å². The largest absolute Gasteiger partial charge is 0.377 e. The van der Waals surface area contributed by atoms with Crippen LogP contribution in [0.25, 0.3) is 0 Å². The number of benzene rings is 2. The van der Waals surface area contributed by atoms with E-state index in [-0.39, 0.29) is 48.9 Å². The molecule has 0 amide bonds. The van der Waals surface area contributed by atoms with Crippen molar-refractivity contribution in [2.45, 2.75) is 81.6 Å². The first kappa shape index (κ1) is 35.3. The molecule has 1 unspecified atom stereocenters. The Balaban J connectivity index is 1.67. The summed E-state index contributed by atoms with van der Waals surface area (Å²) in [7, 11) is -7.66. The van der Waals surface area contributed by atoms with E-state index in [2.05, 4.69) is 6.92 Å². The minimum absolute atomic E-state index is 0.0855. The average Bonchev–Trinajstić information content (AvgIpc) is 2.94. The van der Waals surface area contributed by atoms with Crippen LogP contribution < -0.4 is 0 Å². The van der Waals surface area contributed by atoms with Crippen LogP contribution in [0, 0.1) is 13.8 Å². The van der Waals surface area contributed by atoms with E-state index >= 15 is 0 Å². The van der Waals surface area contributed by atoms with Gasteiger partial charge < -0.3 is 14.2 Å². The lowest BCUT2D eigenvalue weighted by Gasteiger charge is -2.18. The predicted octanol–water partition coefficient (Wildman–Crippen LogP) is 5.58. The lowest BCUT2D eigenvalue weighted by Crippen LogP contribution is -2.24. The fourth-order valence-corrected chi connectivity index (χ4v) is 5.69. The molecule has 0 spiro atoms. The van der Waals surface area contributed by atoms with Crippen LogP contribution in [0.3, 0.4) is 0 Å². The summed E-state index contributed by atoms with van der Waals surface area (Å²) in [5.74, 6) is 0. The van der Waals surface area contributed by atoms with Gasteiger partial charge in [0.1, 0.15) is 0 Å². The summed E-state index contributed by atoms with van der Waals surface area (Å²) in [6, 6.07) is 13.0. The molecule has 1 atom stereocenters. The number of rotatable bonds is 23. The van der Waals surface area contributed by atoms with Crippen molar-refractivity contribution in [1.29, 1.82) is 0 Å². The molecule has 0 fully saturated rings. The fourth-order valence-electron chi connectivity index (χ4n) is 3.91. The molecule has 0 aromatic heterocycles. The lowest BCUT2D eigenvalue weighted by molar-refractivity contribution is -0.0422. The maximum absolute atomic E-state index is 12.4. The van der Waals surface area contributed by atoms with E-state index in [0.717, 1.165) is 30.4 Å². The van der Waals surface area contributed by atoms with Crippen LogP contribution in [0.5, 0.6) is 0 Å². The first-order valence-corrected chi connectivity index (χ1v) is 17.1. The van der Waals surface area contributed by atoms with Crippen molar-refractivity contribution in [3.63, 3.8) is 0 Å². The Labute approximate surface area is 246 Å². The second-order valence-electron chi connectivity index (χ2n) is 9.91. The molecule has 0 saturated carbocycles. The van der Waals surface area contributed by atoms with Crippen molar-refractivity contribution in [2.75, 3.05) is 46.2 Å². The second-order valence-corrected chi connectivity index (χ2v) is 13.1. The summed E-state index contributed by atoms with van der Waals surface area (Å²) in [5, 5.41) is 0. The topological polar surface area (TPSA) is 114 Å². The normalized spacial score (nSPS) is 13.0. The highest BCUT2D eigenvalue weighted by Gasteiger charge is 2.16. The van der Waals surface area contributed by atoms with Gasteiger partial charge in [0.25, 0.3) is 20.2 Å². The molecule has 2 aromatic rings. The highest BCUT2D eigenvalue weighted by atomic mass is 32.2. The highest BCUT2D eigenvalue weighted by Crippen LogP contribution is 2.15. The van der Waals surface area contributed by atoms with Gasteiger partial charge in [-0.2, -0.15) is 16.8 Å². The summed E-state index contributed by atoms with van der Waals surface area (Å²) in [4.78, 5) is 0.231. The van der Waals surface area contributed by atoms with E-state index in [0.29, 0.717) is 13.2 Å². The molecule has 11 heteroatoms. The zero-order chi connectivity index (χ0) is 30.0. The van der Waals surface area contributed by atoms with Crippen LogP contribution in [-0.2, 0) is 42.8 Å². The van der Waals surface area contributed by atoms with Crippen LogP contribution in [0.1, 0.15) is 63.0 Å². The molecule has 41 heavy (non-hydrogen) atoms. The van der Waals surface area contributed by atoms with E-state index in [9.17, 15) is 16.8 Å². The highest BCUT2D eigenvalue weighted by molar-refractivity contribution is 7.87. The van der Waals surface area contributed by atoms with Crippen LogP contribution in [0.4, 0.5) is 0 Å². The standard InChI is InChI=1S/C30H46O9S2/c1-4-5-6-7-8-9-10-28(37-22-24-39-41(33,34)30-17-13-27(3)14-18-30)25-36-20-19-35-21-23-38-40(31,32)29-15-11-26(2)12-16-29/h11-18,28H,4-10,19-25H2,1-3H3. The molecule has 0 bridgehead atoms. The Kier molecular flexibility index (Phi) is 16.7. The number of hydrogen-bond donors (Lipinski definition) is 0. The van der Waals surface area contributed by atoms with Gasteiger partial charge in [0.2, 0.25) is 0 Å². The van der Waals surface area contributed by atoms with Crippen LogP contribution in [0.2, 0.25) is 0 Å². The molecule has 0 aliphatic carbocycles. The Bertz CT molecular complexity index is 1180. The molecule has 0 heterocycles.